The molecular weight excluding hydrogens is 430 g/mol. The number of rotatable bonds is 3. The summed E-state index contributed by atoms with van der Waals surface area (Å²) < 4.78 is 5.79. The third kappa shape index (κ3) is 3.86. The molecule has 160 valence electrons. The van der Waals surface area contributed by atoms with E-state index in [1.54, 1.807) is 25.2 Å². The number of nitrogens with zero attached hydrogens (tertiary/aromatic N) is 5. The van der Waals surface area contributed by atoms with Gasteiger partial charge in [-0.3, -0.25) is 9.59 Å². The summed E-state index contributed by atoms with van der Waals surface area (Å²) in [4.78, 5) is 37.4. The molecule has 1 atom stereocenters. The highest BCUT2D eigenvalue weighted by molar-refractivity contribution is 6.32. The Bertz CT molecular complexity index is 1240. The topological polar surface area (TPSA) is 99.4 Å². The Morgan fingerprint density at radius 1 is 1.28 bits per heavy atom. The summed E-state index contributed by atoms with van der Waals surface area (Å²) in [6, 6.07) is 15.2. The lowest BCUT2D eigenvalue weighted by Gasteiger charge is -2.27. The average molecular weight is 448 g/mol. The predicted octanol–water partition coefficient (Wildman–Crippen LogP) is 3.16. The zero-order chi connectivity index (χ0) is 22.8. The lowest BCUT2D eigenvalue weighted by atomic mass is 10.1. The summed E-state index contributed by atoms with van der Waals surface area (Å²) in [5.41, 5.74) is 2.10. The van der Waals surface area contributed by atoms with E-state index in [0.717, 1.165) is 5.56 Å². The number of nitriles is 1. The summed E-state index contributed by atoms with van der Waals surface area (Å²) in [5.74, 6) is -0.559. The molecule has 32 heavy (non-hydrogen) atoms. The number of carbonyl (C=O) groups is 2. The van der Waals surface area contributed by atoms with Crippen LogP contribution < -0.4 is 9.64 Å². The van der Waals surface area contributed by atoms with Crippen LogP contribution >= 0.6 is 11.6 Å². The van der Waals surface area contributed by atoms with Gasteiger partial charge in [-0.2, -0.15) is 5.26 Å². The Kier molecular flexibility index (Phi) is 5.75. The first-order valence-corrected chi connectivity index (χ1v) is 10.1. The van der Waals surface area contributed by atoms with Gasteiger partial charge >= 0.3 is 0 Å². The number of amides is 2. The Hall–Kier alpha value is -3.96. The van der Waals surface area contributed by atoms with Gasteiger partial charge in [-0.15, -0.1) is 0 Å². The standard InChI is InChI=1S/C23H18ClN5O3/c1-28-17-9-8-14(11-25)10-19(17)32-13-18(22(28)30)29(2)23(31)21-26-12-16(24)20(27-21)15-6-4-3-5-7-15/h3-10,12,18H,13H2,1-2H3/t18-/m0/s1. The quantitative estimate of drug-likeness (QED) is 0.611. The second kappa shape index (κ2) is 8.65. The molecule has 1 aliphatic heterocycles. The molecule has 9 heteroatoms. The van der Waals surface area contributed by atoms with Crippen LogP contribution in [0.3, 0.4) is 0 Å². The minimum absolute atomic E-state index is 0.0770. The summed E-state index contributed by atoms with van der Waals surface area (Å²) in [6.07, 6.45) is 1.37. The van der Waals surface area contributed by atoms with E-state index in [4.69, 9.17) is 21.6 Å². The minimum atomic E-state index is -0.912. The van der Waals surface area contributed by atoms with Gasteiger partial charge in [-0.05, 0) is 12.1 Å². The number of anilines is 1. The molecule has 1 aromatic heterocycles. The number of ether oxygens (including phenoxy) is 1. The Morgan fingerprint density at radius 3 is 2.75 bits per heavy atom. The van der Waals surface area contributed by atoms with Crippen LogP contribution in [0.5, 0.6) is 5.75 Å². The third-order valence-corrected chi connectivity index (χ3v) is 5.51. The molecular formula is C23H18ClN5O3. The number of likely N-dealkylation sites (N-methyl/N-ethyl adjacent to an activating group) is 2. The highest BCUT2D eigenvalue weighted by Gasteiger charge is 2.35. The van der Waals surface area contributed by atoms with E-state index in [1.165, 1.54) is 23.0 Å². The fourth-order valence-electron chi connectivity index (χ4n) is 3.40. The molecule has 0 N–H and O–H groups in total. The van der Waals surface area contributed by atoms with Gasteiger partial charge in [0, 0.05) is 25.7 Å². The lowest BCUT2D eigenvalue weighted by molar-refractivity contribution is -0.122. The summed E-state index contributed by atoms with van der Waals surface area (Å²) in [5, 5.41) is 9.44. The van der Waals surface area contributed by atoms with E-state index < -0.39 is 11.9 Å². The van der Waals surface area contributed by atoms with Gasteiger partial charge in [-0.1, -0.05) is 41.9 Å². The molecule has 0 fully saturated rings. The van der Waals surface area contributed by atoms with Crippen molar-refractivity contribution >= 4 is 29.1 Å². The van der Waals surface area contributed by atoms with Gasteiger partial charge in [0.15, 0.2) is 0 Å². The first-order valence-electron chi connectivity index (χ1n) is 9.70. The van der Waals surface area contributed by atoms with Crippen molar-refractivity contribution in [2.24, 2.45) is 0 Å². The molecule has 4 rings (SSSR count). The smallest absolute Gasteiger partial charge is 0.292 e. The molecule has 2 amide bonds. The molecule has 0 bridgehead atoms. The van der Waals surface area contributed by atoms with Crippen LogP contribution in [-0.4, -0.2) is 53.4 Å². The summed E-state index contributed by atoms with van der Waals surface area (Å²) in [6.45, 7) is -0.0770. The Morgan fingerprint density at radius 2 is 2.03 bits per heavy atom. The van der Waals surface area contributed by atoms with E-state index in [-0.39, 0.29) is 18.3 Å². The average Bonchev–Trinajstić information content (AvgIpc) is 2.95. The number of hydrogen-bond acceptors (Lipinski definition) is 6. The molecule has 0 aliphatic carbocycles. The maximum Gasteiger partial charge on any atom is 0.292 e. The Balaban J connectivity index is 1.62. The lowest BCUT2D eigenvalue weighted by Crippen LogP contribution is -2.50. The van der Waals surface area contributed by atoms with Crippen molar-refractivity contribution in [2.75, 3.05) is 25.6 Å². The van der Waals surface area contributed by atoms with Gasteiger partial charge in [0.1, 0.15) is 18.4 Å². The molecule has 0 saturated carbocycles. The van der Waals surface area contributed by atoms with Gasteiger partial charge in [-0.25, -0.2) is 9.97 Å². The zero-order valence-electron chi connectivity index (χ0n) is 17.3. The second-order valence-corrected chi connectivity index (χ2v) is 7.60. The summed E-state index contributed by atoms with van der Waals surface area (Å²) >= 11 is 6.25. The molecule has 1 aliphatic rings. The highest BCUT2D eigenvalue weighted by Crippen LogP contribution is 2.32. The minimum Gasteiger partial charge on any atom is -0.489 e. The monoisotopic (exact) mass is 447 g/mol. The molecule has 0 radical (unpaired) electrons. The zero-order valence-corrected chi connectivity index (χ0v) is 18.1. The molecule has 0 spiro atoms. The van der Waals surface area contributed by atoms with Gasteiger partial charge in [0.05, 0.1) is 34.2 Å². The first kappa shape index (κ1) is 21.3. The van der Waals surface area contributed by atoms with Crippen molar-refractivity contribution in [3.8, 4) is 23.1 Å². The van der Waals surface area contributed by atoms with Gasteiger partial charge in [0.2, 0.25) is 5.82 Å². The van der Waals surface area contributed by atoms with Crippen molar-refractivity contribution in [1.29, 1.82) is 5.26 Å². The van der Waals surface area contributed by atoms with E-state index in [0.29, 0.717) is 27.7 Å². The largest absolute Gasteiger partial charge is 0.489 e. The number of fused-ring (bicyclic) bond motifs is 1. The number of benzene rings is 2. The maximum atomic E-state index is 13.2. The SMILES string of the molecule is CN1C(=O)[C@@H](N(C)C(=O)c2ncc(Cl)c(-c3ccccc3)n2)COc2cc(C#N)ccc21. The van der Waals surface area contributed by atoms with Gasteiger partial charge in [0.25, 0.3) is 11.8 Å². The normalized spacial score (nSPS) is 15.2. The van der Waals surface area contributed by atoms with Crippen LogP contribution in [0, 0.1) is 11.3 Å². The second-order valence-electron chi connectivity index (χ2n) is 7.19. The van der Waals surface area contributed by atoms with Crippen molar-refractivity contribution in [3.05, 3.63) is 71.1 Å². The van der Waals surface area contributed by atoms with Crippen LogP contribution in [0.1, 0.15) is 16.2 Å². The molecule has 8 nitrogen and oxygen atoms in total. The molecule has 2 heterocycles. The van der Waals surface area contributed by atoms with Crippen LogP contribution in [0.4, 0.5) is 5.69 Å². The van der Waals surface area contributed by atoms with E-state index >= 15 is 0 Å². The van der Waals surface area contributed by atoms with Crippen molar-refractivity contribution < 1.29 is 14.3 Å². The number of halogens is 1. The van der Waals surface area contributed by atoms with E-state index in [1.807, 2.05) is 36.4 Å². The van der Waals surface area contributed by atoms with Crippen molar-refractivity contribution in [2.45, 2.75) is 6.04 Å². The molecule has 0 unspecified atom stereocenters. The molecule has 3 aromatic rings. The maximum absolute atomic E-state index is 13.2. The number of hydrogen-bond donors (Lipinski definition) is 0. The fraction of sp³-hybridized carbons (Fsp3) is 0.174. The molecule has 2 aromatic carbocycles. The molecule has 0 saturated heterocycles. The van der Waals surface area contributed by atoms with Crippen molar-refractivity contribution in [1.82, 2.24) is 14.9 Å². The van der Waals surface area contributed by atoms with Crippen LogP contribution in [0.15, 0.2) is 54.7 Å². The van der Waals surface area contributed by atoms with Crippen molar-refractivity contribution in [3.63, 3.8) is 0 Å². The van der Waals surface area contributed by atoms with Crippen LogP contribution in [0.2, 0.25) is 5.02 Å². The fourth-order valence-corrected chi connectivity index (χ4v) is 3.60. The summed E-state index contributed by atoms with van der Waals surface area (Å²) in [7, 11) is 3.10. The van der Waals surface area contributed by atoms with Gasteiger partial charge < -0.3 is 14.5 Å². The highest BCUT2D eigenvalue weighted by atomic mass is 35.5. The Labute approximate surface area is 189 Å². The van der Waals surface area contributed by atoms with Crippen LogP contribution in [-0.2, 0) is 4.79 Å². The van der Waals surface area contributed by atoms with Crippen LogP contribution in [0.25, 0.3) is 11.3 Å². The van der Waals surface area contributed by atoms with E-state index in [9.17, 15) is 9.59 Å². The number of carbonyl (C=O) groups excluding carboxylic acids is 2. The predicted molar refractivity (Wildman–Crippen MR) is 118 cm³/mol. The number of aromatic nitrogens is 2. The van der Waals surface area contributed by atoms with E-state index in [2.05, 4.69) is 9.97 Å². The first-order chi connectivity index (χ1) is 15.4. The third-order valence-electron chi connectivity index (χ3n) is 5.23.